The number of anilines is 1. The van der Waals surface area contributed by atoms with E-state index < -0.39 is 0 Å². The van der Waals surface area contributed by atoms with Gasteiger partial charge >= 0.3 is 0 Å². The number of ether oxygens (including phenoxy) is 6. The maximum atomic E-state index is 6.52. The summed E-state index contributed by atoms with van der Waals surface area (Å²) in [5.41, 5.74) is 3.60. The number of benzene rings is 3. The van der Waals surface area contributed by atoms with Crippen molar-refractivity contribution in [3.63, 3.8) is 0 Å². The monoisotopic (exact) mass is 523 g/mol. The molecule has 194 valence electrons. The van der Waals surface area contributed by atoms with E-state index in [1.807, 2.05) is 73.0 Å². The predicted molar refractivity (Wildman–Crippen MR) is 146 cm³/mol. The SMILES string of the molecule is COc1ccc(C2OC2/C=C\Nc2cc(/C=C\c3cc(OC)c(OC)c(OC)c3)cc(Cl)c2OC)cc1. The van der Waals surface area contributed by atoms with Gasteiger partial charge in [0.1, 0.15) is 18.0 Å². The lowest BCUT2D eigenvalue weighted by Crippen LogP contribution is -1.96. The lowest BCUT2D eigenvalue weighted by atomic mass is 10.1. The van der Waals surface area contributed by atoms with E-state index in [1.165, 1.54) is 0 Å². The van der Waals surface area contributed by atoms with Gasteiger partial charge in [0.25, 0.3) is 0 Å². The Morgan fingerprint density at radius 1 is 0.757 bits per heavy atom. The molecule has 0 aromatic heterocycles. The summed E-state index contributed by atoms with van der Waals surface area (Å²) in [5, 5.41) is 3.77. The zero-order valence-electron chi connectivity index (χ0n) is 21.4. The van der Waals surface area contributed by atoms with Gasteiger partial charge in [0.15, 0.2) is 17.2 Å². The highest BCUT2D eigenvalue weighted by Gasteiger charge is 2.37. The number of methoxy groups -OCH3 is 5. The zero-order valence-corrected chi connectivity index (χ0v) is 22.2. The van der Waals surface area contributed by atoms with Crippen LogP contribution < -0.4 is 29.0 Å². The van der Waals surface area contributed by atoms with Crippen LogP contribution in [0.4, 0.5) is 5.69 Å². The molecule has 0 aliphatic carbocycles. The first-order valence-electron chi connectivity index (χ1n) is 11.6. The number of hydrogen-bond acceptors (Lipinski definition) is 7. The lowest BCUT2D eigenvalue weighted by Gasteiger charge is -2.13. The molecule has 1 aliphatic heterocycles. The maximum absolute atomic E-state index is 6.52. The highest BCUT2D eigenvalue weighted by atomic mass is 35.5. The number of hydrogen-bond donors (Lipinski definition) is 1. The van der Waals surface area contributed by atoms with Gasteiger partial charge in [0.2, 0.25) is 5.75 Å². The van der Waals surface area contributed by atoms with E-state index >= 15 is 0 Å². The quantitative estimate of drug-likeness (QED) is 0.224. The molecular weight excluding hydrogens is 494 g/mol. The fraction of sp³-hybridized carbons (Fsp3) is 0.241. The first kappa shape index (κ1) is 26.3. The molecule has 0 amide bonds. The minimum absolute atomic E-state index is 0.00882. The average molecular weight is 524 g/mol. The van der Waals surface area contributed by atoms with E-state index in [2.05, 4.69) is 5.32 Å². The molecule has 2 atom stereocenters. The summed E-state index contributed by atoms with van der Waals surface area (Å²) in [6.07, 6.45) is 7.73. The summed E-state index contributed by atoms with van der Waals surface area (Å²) in [6.45, 7) is 0. The Bertz CT molecular complexity index is 1260. The minimum Gasteiger partial charge on any atom is -0.497 e. The van der Waals surface area contributed by atoms with E-state index in [0.717, 1.165) is 28.1 Å². The van der Waals surface area contributed by atoms with Gasteiger partial charge < -0.3 is 33.7 Å². The third-order valence-corrected chi connectivity index (χ3v) is 6.20. The van der Waals surface area contributed by atoms with E-state index in [1.54, 1.807) is 35.5 Å². The fourth-order valence-corrected chi connectivity index (χ4v) is 4.29. The molecule has 1 N–H and O–H groups in total. The molecule has 1 fully saturated rings. The van der Waals surface area contributed by atoms with Crippen molar-refractivity contribution in [2.75, 3.05) is 40.9 Å². The Morgan fingerprint density at radius 2 is 1.38 bits per heavy atom. The molecule has 1 saturated heterocycles. The Morgan fingerprint density at radius 3 is 1.95 bits per heavy atom. The Hall–Kier alpha value is -3.81. The molecule has 1 heterocycles. The van der Waals surface area contributed by atoms with Gasteiger partial charge in [-0.05, 0) is 65.4 Å². The van der Waals surface area contributed by atoms with Crippen molar-refractivity contribution < 1.29 is 28.4 Å². The number of halogens is 1. The van der Waals surface area contributed by atoms with Crippen LogP contribution in [0.3, 0.4) is 0 Å². The van der Waals surface area contributed by atoms with Gasteiger partial charge in [-0.3, -0.25) is 0 Å². The Kier molecular flexibility index (Phi) is 8.48. The van der Waals surface area contributed by atoms with Gasteiger partial charge in [-0.2, -0.15) is 0 Å². The summed E-state index contributed by atoms with van der Waals surface area (Å²) in [7, 11) is 7.99. The molecule has 3 aromatic rings. The van der Waals surface area contributed by atoms with Crippen molar-refractivity contribution in [2.45, 2.75) is 12.2 Å². The van der Waals surface area contributed by atoms with Gasteiger partial charge in [0.05, 0.1) is 46.3 Å². The predicted octanol–water partition coefficient (Wildman–Crippen LogP) is 6.62. The van der Waals surface area contributed by atoms with Crippen LogP contribution in [0.25, 0.3) is 12.2 Å². The second kappa shape index (κ2) is 12.0. The van der Waals surface area contributed by atoms with Crippen LogP contribution in [0.15, 0.2) is 60.8 Å². The van der Waals surface area contributed by atoms with E-state index in [-0.39, 0.29) is 12.2 Å². The summed E-state index contributed by atoms with van der Waals surface area (Å²) < 4.78 is 32.8. The topological polar surface area (TPSA) is 70.7 Å². The van der Waals surface area contributed by atoms with Gasteiger partial charge in [-0.25, -0.2) is 0 Å². The van der Waals surface area contributed by atoms with Crippen molar-refractivity contribution in [1.82, 2.24) is 0 Å². The first-order valence-corrected chi connectivity index (χ1v) is 12.0. The summed E-state index contributed by atoms with van der Waals surface area (Å²) in [4.78, 5) is 0. The molecule has 37 heavy (non-hydrogen) atoms. The van der Waals surface area contributed by atoms with Gasteiger partial charge in [-0.15, -0.1) is 0 Å². The van der Waals surface area contributed by atoms with Crippen LogP contribution in [0.1, 0.15) is 22.8 Å². The number of rotatable bonds is 11. The highest BCUT2D eigenvalue weighted by Crippen LogP contribution is 2.41. The van der Waals surface area contributed by atoms with Crippen molar-refractivity contribution in [3.05, 3.63) is 82.5 Å². The van der Waals surface area contributed by atoms with Crippen molar-refractivity contribution >= 4 is 29.4 Å². The molecule has 0 saturated carbocycles. The highest BCUT2D eigenvalue weighted by molar-refractivity contribution is 6.32. The van der Waals surface area contributed by atoms with E-state index in [0.29, 0.717) is 28.0 Å². The average Bonchev–Trinajstić information content (AvgIpc) is 3.70. The van der Waals surface area contributed by atoms with Crippen LogP contribution >= 0.6 is 11.6 Å². The summed E-state index contributed by atoms with van der Waals surface area (Å²) in [5.74, 6) is 3.08. The second-order valence-electron chi connectivity index (χ2n) is 8.17. The standard InChI is InChI=1S/C29H30ClNO6/c1-32-21-10-8-20(9-11-21)27-24(37-27)12-13-31-23-15-18(14-22(30)28(23)35-4)6-7-19-16-25(33-2)29(36-5)26(17-19)34-3/h6-17,24,27,31H,1-5H3/b7-6-,13-12-. The van der Waals surface area contributed by atoms with Crippen LogP contribution in [-0.2, 0) is 4.74 Å². The molecule has 8 heteroatoms. The third-order valence-electron chi connectivity index (χ3n) is 5.92. The maximum Gasteiger partial charge on any atom is 0.203 e. The van der Waals surface area contributed by atoms with Crippen LogP contribution in [0, 0.1) is 0 Å². The molecule has 7 nitrogen and oxygen atoms in total. The lowest BCUT2D eigenvalue weighted by molar-refractivity contribution is 0.324. The Balaban J connectivity index is 1.49. The molecule has 0 radical (unpaired) electrons. The number of epoxide rings is 1. The Labute approximate surface area is 222 Å². The van der Waals surface area contributed by atoms with Crippen molar-refractivity contribution in [2.24, 2.45) is 0 Å². The third kappa shape index (κ3) is 6.13. The fourth-order valence-electron chi connectivity index (χ4n) is 3.98. The van der Waals surface area contributed by atoms with Gasteiger partial charge in [-0.1, -0.05) is 35.9 Å². The van der Waals surface area contributed by atoms with Crippen LogP contribution in [0.2, 0.25) is 5.02 Å². The largest absolute Gasteiger partial charge is 0.497 e. The molecule has 2 unspecified atom stereocenters. The molecule has 1 aliphatic rings. The van der Waals surface area contributed by atoms with Crippen molar-refractivity contribution in [1.29, 1.82) is 0 Å². The van der Waals surface area contributed by atoms with Gasteiger partial charge in [0, 0.05) is 0 Å². The minimum atomic E-state index is -0.00882. The van der Waals surface area contributed by atoms with E-state index in [4.69, 9.17) is 40.0 Å². The first-order chi connectivity index (χ1) is 18.0. The van der Waals surface area contributed by atoms with E-state index in [9.17, 15) is 0 Å². The molecule has 4 rings (SSSR count). The zero-order chi connectivity index (χ0) is 26.4. The van der Waals surface area contributed by atoms with Crippen LogP contribution in [0.5, 0.6) is 28.7 Å². The smallest absolute Gasteiger partial charge is 0.203 e. The van der Waals surface area contributed by atoms with Crippen molar-refractivity contribution in [3.8, 4) is 28.7 Å². The molecular formula is C29H30ClNO6. The normalized spacial score (nSPS) is 16.6. The number of nitrogens with one attached hydrogen (secondary N) is 1. The summed E-state index contributed by atoms with van der Waals surface area (Å²) >= 11 is 6.52. The van der Waals surface area contributed by atoms with Crippen LogP contribution in [-0.4, -0.2) is 41.7 Å². The molecule has 3 aromatic carbocycles. The molecule has 0 spiro atoms. The second-order valence-corrected chi connectivity index (χ2v) is 8.58. The molecule has 0 bridgehead atoms. The summed E-state index contributed by atoms with van der Waals surface area (Å²) in [6, 6.07) is 15.4.